The molecular formula is C14H16ClN3O. The molecule has 1 aliphatic rings. The molecule has 1 aromatic heterocycles. The minimum Gasteiger partial charge on any atom is -0.367 e. The van der Waals surface area contributed by atoms with Crippen molar-refractivity contribution in [2.24, 2.45) is 0 Å². The molecule has 1 aliphatic heterocycles. The average Bonchev–Trinajstić information content (AvgIpc) is 2.99. The normalized spacial score (nSPS) is 22.5. The first-order chi connectivity index (χ1) is 9.03. The van der Waals surface area contributed by atoms with Crippen molar-refractivity contribution in [2.45, 2.75) is 31.4 Å². The van der Waals surface area contributed by atoms with Gasteiger partial charge in [0.05, 0.1) is 13.2 Å². The molecule has 0 bridgehead atoms. The molecule has 1 atom stereocenters. The second-order valence-corrected chi connectivity index (χ2v) is 5.94. The van der Waals surface area contributed by atoms with Crippen LogP contribution in [0.4, 0.5) is 0 Å². The standard InChI is InChI=1S/C14H16ClN3O/c1-13(2,11-3-5-12(15)6-4-11)14(8-19-14)7-18-10-16-9-17-18/h3-6,9-10H,7-8H2,1-2H3. The van der Waals surface area contributed by atoms with Gasteiger partial charge in [0.1, 0.15) is 18.3 Å². The Kier molecular flexibility index (Phi) is 2.87. The van der Waals surface area contributed by atoms with E-state index >= 15 is 0 Å². The summed E-state index contributed by atoms with van der Waals surface area (Å²) in [5.74, 6) is 0. The summed E-state index contributed by atoms with van der Waals surface area (Å²) in [6, 6.07) is 7.97. The van der Waals surface area contributed by atoms with Gasteiger partial charge in [-0.1, -0.05) is 37.6 Å². The van der Waals surface area contributed by atoms with Gasteiger partial charge in [-0.05, 0) is 17.7 Å². The summed E-state index contributed by atoms with van der Waals surface area (Å²) in [7, 11) is 0. The number of rotatable bonds is 4. The molecule has 5 heteroatoms. The first-order valence-electron chi connectivity index (χ1n) is 6.26. The lowest BCUT2D eigenvalue weighted by atomic mass is 9.73. The molecule has 3 rings (SSSR count). The fourth-order valence-corrected chi connectivity index (χ4v) is 2.57. The fourth-order valence-electron chi connectivity index (χ4n) is 2.44. The Morgan fingerprint density at radius 3 is 2.58 bits per heavy atom. The van der Waals surface area contributed by atoms with Gasteiger partial charge < -0.3 is 4.74 Å². The third kappa shape index (κ3) is 2.15. The quantitative estimate of drug-likeness (QED) is 0.807. The van der Waals surface area contributed by atoms with Crippen molar-refractivity contribution >= 4 is 11.6 Å². The molecule has 19 heavy (non-hydrogen) atoms. The van der Waals surface area contributed by atoms with Gasteiger partial charge in [-0.15, -0.1) is 0 Å². The molecule has 0 amide bonds. The van der Waals surface area contributed by atoms with Crippen molar-refractivity contribution in [2.75, 3.05) is 6.61 Å². The highest BCUT2D eigenvalue weighted by Gasteiger charge is 2.57. The molecule has 100 valence electrons. The second-order valence-electron chi connectivity index (χ2n) is 5.51. The largest absolute Gasteiger partial charge is 0.367 e. The van der Waals surface area contributed by atoms with Crippen molar-refractivity contribution in [3.63, 3.8) is 0 Å². The van der Waals surface area contributed by atoms with Gasteiger partial charge in [-0.25, -0.2) is 9.67 Å². The molecular weight excluding hydrogens is 262 g/mol. The summed E-state index contributed by atoms with van der Waals surface area (Å²) in [5, 5.41) is 4.92. The van der Waals surface area contributed by atoms with Gasteiger partial charge in [0.2, 0.25) is 0 Å². The van der Waals surface area contributed by atoms with Crippen LogP contribution in [0.2, 0.25) is 5.02 Å². The molecule has 1 saturated heterocycles. The van der Waals surface area contributed by atoms with Gasteiger partial charge in [0.15, 0.2) is 0 Å². The maximum Gasteiger partial charge on any atom is 0.137 e. The topological polar surface area (TPSA) is 43.2 Å². The predicted octanol–water partition coefficient (Wildman–Crippen LogP) is 2.68. The molecule has 1 unspecified atom stereocenters. The van der Waals surface area contributed by atoms with Crippen LogP contribution < -0.4 is 0 Å². The molecule has 1 aromatic carbocycles. The average molecular weight is 278 g/mol. The van der Waals surface area contributed by atoms with Crippen LogP contribution in [0, 0.1) is 0 Å². The van der Waals surface area contributed by atoms with Gasteiger partial charge in [-0.3, -0.25) is 0 Å². The lowest BCUT2D eigenvalue weighted by Gasteiger charge is -2.32. The Hall–Kier alpha value is -1.39. The lowest BCUT2D eigenvalue weighted by molar-refractivity contribution is 0.175. The van der Waals surface area contributed by atoms with Crippen molar-refractivity contribution in [1.29, 1.82) is 0 Å². The zero-order valence-corrected chi connectivity index (χ0v) is 11.8. The van der Waals surface area contributed by atoms with Crippen LogP contribution in [0.5, 0.6) is 0 Å². The smallest absolute Gasteiger partial charge is 0.137 e. The zero-order valence-electron chi connectivity index (χ0n) is 11.0. The van der Waals surface area contributed by atoms with Gasteiger partial charge in [0.25, 0.3) is 0 Å². The number of benzene rings is 1. The number of nitrogens with zero attached hydrogens (tertiary/aromatic N) is 3. The third-order valence-electron chi connectivity index (χ3n) is 4.08. The number of halogens is 1. The molecule has 0 saturated carbocycles. The Morgan fingerprint density at radius 1 is 1.37 bits per heavy atom. The number of ether oxygens (including phenoxy) is 1. The van der Waals surface area contributed by atoms with Crippen molar-refractivity contribution in [1.82, 2.24) is 14.8 Å². The van der Waals surface area contributed by atoms with E-state index in [-0.39, 0.29) is 11.0 Å². The van der Waals surface area contributed by atoms with E-state index in [4.69, 9.17) is 16.3 Å². The highest BCUT2D eigenvalue weighted by molar-refractivity contribution is 6.30. The number of aromatic nitrogens is 3. The van der Waals surface area contributed by atoms with E-state index in [1.807, 2.05) is 16.8 Å². The maximum atomic E-state index is 5.95. The maximum absolute atomic E-state index is 5.95. The summed E-state index contributed by atoms with van der Waals surface area (Å²) >= 11 is 5.95. The van der Waals surface area contributed by atoms with Crippen LogP contribution in [0.3, 0.4) is 0 Å². The Bertz CT molecular complexity index is 559. The van der Waals surface area contributed by atoms with Crippen molar-refractivity contribution < 1.29 is 4.74 Å². The highest BCUT2D eigenvalue weighted by atomic mass is 35.5. The van der Waals surface area contributed by atoms with Crippen LogP contribution in [-0.4, -0.2) is 27.0 Å². The van der Waals surface area contributed by atoms with Gasteiger partial charge >= 0.3 is 0 Å². The summed E-state index contributed by atoms with van der Waals surface area (Å²) in [5.41, 5.74) is 0.896. The second kappa shape index (κ2) is 4.32. The highest BCUT2D eigenvalue weighted by Crippen LogP contribution is 2.47. The molecule has 4 nitrogen and oxygen atoms in total. The Balaban J connectivity index is 1.89. The van der Waals surface area contributed by atoms with E-state index in [1.165, 1.54) is 5.56 Å². The van der Waals surface area contributed by atoms with E-state index in [0.29, 0.717) is 6.54 Å². The number of hydrogen-bond acceptors (Lipinski definition) is 3. The molecule has 0 N–H and O–H groups in total. The van der Waals surface area contributed by atoms with Crippen LogP contribution in [-0.2, 0) is 16.7 Å². The first kappa shape index (κ1) is 12.6. The summed E-state index contributed by atoms with van der Waals surface area (Å²) in [6.45, 7) is 5.84. The van der Waals surface area contributed by atoms with E-state index in [0.717, 1.165) is 11.6 Å². The summed E-state index contributed by atoms with van der Waals surface area (Å²) < 4.78 is 7.62. The third-order valence-corrected chi connectivity index (χ3v) is 4.33. The summed E-state index contributed by atoms with van der Waals surface area (Å²) in [4.78, 5) is 3.98. The van der Waals surface area contributed by atoms with Gasteiger partial charge in [-0.2, -0.15) is 5.10 Å². The predicted molar refractivity (Wildman–Crippen MR) is 73.2 cm³/mol. The van der Waals surface area contributed by atoms with E-state index in [1.54, 1.807) is 12.7 Å². The molecule has 2 aromatic rings. The van der Waals surface area contributed by atoms with Crippen molar-refractivity contribution in [3.05, 3.63) is 47.5 Å². The Morgan fingerprint density at radius 2 is 2.05 bits per heavy atom. The van der Waals surface area contributed by atoms with Crippen LogP contribution in [0.1, 0.15) is 19.4 Å². The molecule has 0 aliphatic carbocycles. The minimum absolute atomic E-state index is 0.108. The lowest BCUT2D eigenvalue weighted by Crippen LogP contribution is -2.41. The van der Waals surface area contributed by atoms with E-state index < -0.39 is 0 Å². The van der Waals surface area contributed by atoms with Crippen LogP contribution in [0.15, 0.2) is 36.9 Å². The summed E-state index contributed by atoms with van der Waals surface area (Å²) in [6.07, 6.45) is 3.27. The minimum atomic E-state index is -0.214. The zero-order chi connectivity index (χ0) is 13.5. The van der Waals surface area contributed by atoms with Crippen LogP contribution in [0.25, 0.3) is 0 Å². The molecule has 0 radical (unpaired) electrons. The van der Waals surface area contributed by atoms with Gasteiger partial charge in [0, 0.05) is 10.4 Å². The monoisotopic (exact) mass is 277 g/mol. The van der Waals surface area contributed by atoms with Crippen LogP contribution >= 0.6 is 11.6 Å². The molecule has 2 heterocycles. The fraction of sp³-hybridized carbons (Fsp3) is 0.429. The molecule has 0 spiro atoms. The molecule has 1 fully saturated rings. The van der Waals surface area contributed by atoms with E-state index in [9.17, 15) is 0 Å². The van der Waals surface area contributed by atoms with Crippen molar-refractivity contribution in [3.8, 4) is 0 Å². The number of hydrogen-bond donors (Lipinski definition) is 0. The Labute approximate surface area is 117 Å². The SMILES string of the molecule is CC(C)(c1ccc(Cl)cc1)C1(Cn2cncn2)CO1. The van der Waals surface area contributed by atoms with E-state index in [2.05, 4.69) is 36.1 Å². The first-order valence-corrected chi connectivity index (χ1v) is 6.64. The number of epoxide rings is 1.